The van der Waals surface area contributed by atoms with Crippen molar-refractivity contribution in [2.45, 2.75) is 6.42 Å². The van der Waals surface area contributed by atoms with E-state index in [0.717, 1.165) is 0 Å². The highest BCUT2D eigenvalue weighted by molar-refractivity contribution is 6.04. The van der Waals surface area contributed by atoms with Crippen LogP contribution in [-0.2, 0) is 9.59 Å². The van der Waals surface area contributed by atoms with Gasteiger partial charge in [0.15, 0.2) is 0 Å². The van der Waals surface area contributed by atoms with E-state index in [1.807, 2.05) is 6.07 Å². The zero-order chi connectivity index (χ0) is 17.8. The molecular weight excluding hydrogens is 316 g/mol. The Balaban J connectivity index is 1.75. The molecule has 1 fully saturated rings. The molecule has 2 aromatic rings. The van der Waals surface area contributed by atoms with Gasteiger partial charge < -0.3 is 10.2 Å². The van der Waals surface area contributed by atoms with E-state index in [4.69, 9.17) is 5.26 Å². The lowest BCUT2D eigenvalue weighted by atomic mass is 10.1. The van der Waals surface area contributed by atoms with Crippen LogP contribution < -0.4 is 10.2 Å². The average Bonchev–Trinajstić information content (AvgIpc) is 3.03. The molecule has 122 valence electrons. The van der Waals surface area contributed by atoms with E-state index in [2.05, 4.69) is 11.4 Å². The standard InChI is InChI=1S/C19H14N4O2/c20-10-13-4-3-6-16(8-13)22-19(25)15-9-18(24)23(12-15)17-7-2-1-5-14(17)11-21/h1-8,15H,9,12H2,(H,22,25). The first kappa shape index (κ1) is 16.2. The summed E-state index contributed by atoms with van der Waals surface area (Å²) >= 11 is 0. The number of rotatable bonds is 3. The van der Waals surface area contributed by atoms with Gasteiger partial charge in [0.05, 0.1) is 28.8 Å². The van der Waals surface area contributed by atoms with Crippen molar-refractivity contribution in [1.29, 1.82) is 10.5 Å². The van der Waals surface area contributed by atoms with Crippen LogP contribution in [0.2, 0.25) is 0 Å². The van der Waals surface area contributed by atoms with Crippen molar-refractivity contribution < 1.29 is 9.59 Å². The highest BCUT2D eigenvalue weighted by atomic mass is 16.2. The minimum atomic E-state index is -0.509. The Hall–Kier alpha value is -3.64. The summed E-state index contributed by atoms with van der Waals surface area (Å²) in [6.07, 6.45) is 0.0868. The molecule has 1 unspecified atom stereocenters. The summed E-state index contributed by atoms with van der Waals surface area (Å²) in [5.41, 5.74) is 1.90. The molecule has 1 saturated heterocycles. The number of carbonyl (C=O) groups is 2. The van der Waals surface area contributed by atoms with Gasteiger partial charge in [0, 0.05) is 18.7 Å². The second-order valence-electron chi connectivity index (χ2n) is 5.72. The third-order valence-electron chi connectivity index (χ3n) is 4.07. The van der Waals surface area contributed by atoms with Gasteiger partial charge in [0.25, 0.3) is 0 Å². The van der Waals surface area contributed by atoms with Crippen LogP contribution in [-0.4, -0.2) is 18.4 Å². The predicted octanol–water partition coefficient (Wildman–Crippen LogP) is 2.42. The number of nitrogens with zero attached hydrogens (tertiary/aromatic N) is 3. The fraction of sp³-hybridized carbons (Fsp3) is 0.158. The predicted molar refractivity (Wildman–Crippen MR) is 91.4 cm³/mol. The van der Waals surface area contributed by atoms with Crippen LogP contribution in [0.5, 0.6) is 0 Å². The average molecular weight is 330 g/mol. The molecule has 3 rings (SSSR count). The Morgan fingerprint density at radius 2 is 1.92 bits per heavy atom. The maximum atomic E-state index is 12.5. The summed E-state index contributed by atoms with van der Waals surface area (Å²) in [5, 5.41) is 20.8. The van der Waals surface area contributed by atoms with Crippen LogP contribution in [0.15, 0.2) is 48.5 Å². The van der Waals surface area contributed by atoms with Crippen LogP contribution in [0.4, 0.5) is 11.4 Å². The molecule has 0 radical (unpaired) electrons. The quantitative estimate of drug-likeness (QED) is 0.934. The molecule has 0 aliphatic carbocycles. The topological polar surface area (TPSA) is 97.0 Å². The van der Waals surface area contributed by atoms with Crippen molar-refractivity contribution in [2.24, 2.45) is 5.92 Å². The lowest BCUT2D eigenvalue weighted by molar-refractivity contribution is -0.122. The van der Waals surface area contributed by atoms with Crippen molar-refractivity contribution in [2.75, 3.05) is 16.8 Å². The number of para-hydroxylation sites is 1. The van der Waals surface area contributed by atoms with Crippen LogP contribution in [0.3, 0.4) is 0 Å². The Bertz CT molecular complexity index is 924. The smallest absolute Gasteiger partial charge is 0.229 e. The number of hydrogen-bond donors (Lipinski definition) is 1. The first-order valence-corrected chi connectivity index (χ1v) is 7.73. The van der Waals surface area contributed by atoms with Crippen molar-refractivity contribution in [3.8, 4) is 12.1 Å². The Morgan fingerprint density at radius 1 is 1.12 bits per heavy atom. The largest absolute Gasteiger partial charge is 0.326 e. The van der Waals surface area contributed by atoms with Gasteiger partial charge in [-0.25, -0.2) is 0 Å². The van der Waals surface area contributed by atoms with E-state index < -0.39 is 5.92 Å². The molecule has 25 heavy (non-hydrogen) atoms. The lowest BCUT2D eigenvalue weighted by Crippen LogP contribution is -2.28. The van der Waals surface area contributed by atoms with E-state index in [0.29, 0.717) is 22.5 Å². The molecule has 6 heteroatoms. The molecule has 0 spiro atoms. The summed E-state index contributed by atoms with van der Waals surface area (Å²) in [7, 11) is 0. The molecule has 6 nitrogen and oxygen atoms in total. The molecule has 0 bridgehead atoms. The summed E-state index contributed by atoms with van der Waals surface area (Å²) in [6, 6.07) is 17.5. The third-order valence-corrected chi connectivity index (χ3v) is 4.07. The van der Waals surface area contributed by atoms with Gasteiger partial charge in [-0.15, -0.1) is 0 Å². The molecule has 1 aliphatic rings. The molecule has 0 aromatic heterocycles. The molecule has 1 heterocycles. The van der Waals surface area contributed by atoms with Gasteiger partial charge >= 0.3 is 0 Å². The summed E-state index contributed by atoms with van der Waals surface area (Å²) in [5.74, 6) is -0.973. The normalized spacial score (nSPS) is 16.2. The summed E-state index contributed by atoms with van der Waals surface area (Å²) in [6.45, 7) is 0.224. The van der Waals surface area contributed by atoms with E-state index in [-0.39, 0.29) is 24.8 Å². The van der Waals surface area contributed by atoms with Crippen molar-refractivity contribution in [3.05, 3.63) is 59.7 Å². The number of anilines is 2. The number of nitrogens with one attached hydrogen (secondary N) is 1. The van der Waals surface area contributed by atoms with E-state index >= 15 is 0 Å². The molecular formula is C19H14N4O2. The molecule has 1 N–H and O–H groups in total. The maximum Gasteiger partial charge on any atom is 0.229 e. The van der Waals surface area contributed by atoms with Crippen molar-refractivity contribution >= 4 is 23.2 Å². The SMILES string of the molecule is N#Cc1cccc(NC(=O)C2CC(=O)N(c3ccccc3C#N)C2)c1. The van der Waals surface area contributed by atoms with Crippen LogP contribution in [0, 0.1) is 28.6 Å². The van der Waals surface area contributed by atoms with Crippen LogP contribution >= 0.6 is 0 Å². The van der Waals surface area contributed by atoms with Gasteiger partial charge in [-0.2, -0.15) is 10.5 Å². The Labute approximate surface area is 144 Å². The Kier molecular flexibility index (Phi) is 4.45. The summed E-state index contributed by atoms with van der Waals surface area (Å²) < 4.78 is 0. The summed E-state index contributed by atoms with van der Waals surface area (Å²) in [4.78, 5) is 26.2. The highest BCUT2D eigenvalue weighted by Gasteiger charge is 2.36. The monoisotopic (exact) mass is 330 g/mol. The number of carbonyl (C=O) groups excluding carboxylic acids is 2. The zero-order valence-electron chi connectivity index (χ0n) is 13.3. The number of amides is 2. The van der Waals surface area contributed by atoms with E-state index in [1.54, 1.807) is 48.5 Å². The number of nitriles is 2. The first-order chi connectivity index (χ1) is 12.1. The van der Waals surface area contributed by atoms with Gasteiger partial charge in [-0.05, 0) is 30.3 Å². The lowest BCUT2D eigenvalue weighted by Gasteiger charge is -2.18. The molecule has 2 aromatic carbocycles. The molecule has 1 atom stereocenters. The fourth-order valence-corrected chi connectivity index (χ4v) is 2.83. The fourth-order valence-electron chi connectivity index (χ4n) is 2.83. The minimum Gasteiger partial charge on any atom is -0.326 e. The number of hydrogen-bond acceptors (Lipinski definition) is 4. The second-order valence-corrected chi connectivity index (χ2v) is 5.72. The van der Waals surface area contributed by atoms with E-state index in [9.17, 15) is 14.9 Å². The Morgan fingerprint density at radius 3 is 2.68 bits per heavy atom. The van der Waals surface area contributed by atoms with Gasteiger partial charge in [0.2, 0.25) is 11.8 Å². The van der Waals surface area contributed by atoms with Crippen molar-refractivity contribution in [1.82, 2.24) is 0 Å². The zero-order valence-corrected chi connectivity index (χ0v) is 13.3. The van der Waals surface area contributed by atoms with E-state index in [1.165, 1.54) is 4.90 Å². The van der Waals surface area contributed by atoms with Gasteiger partial charge in [0.1, 0.15) is 6.07 Å². The van der Waals surface area contributed by atoms with Crippen LogP contribution in [0.1, 0.15) is 17.5 Å². The van der Waals surface area contributed by atoms with Crippen LogP contribution in [0.25, 0.3) is 0 Å². The maximum absolute atomic E-state index is 12.5. The van der Waals surface area contributed by atoms with Gasteiger partial charge in [-0.1, -0.05) is 18.2 Å². The first-order valence-electron chi connectivity index (χ1n) is 7.73. The molecule has 1 aliphatic heterocycles. The third kappa shape index (κ3) is 3.34. The second kappa shape index (κ2) is 6.86. The molecule has 2 amide bonds. The van der Waals surface area contributed by atoms with Gasteiger partial charge in [-0.3, -0.25) is 9.59 Å². The minimum absolute atomic E-state index is 0.0868. The number of benzene rings is 2. The molecule has 0 saturated carbocycles. The van der Waals surface area contributed by atoms with Crippen molar-refractivity contribution in [3.63, 3.8) is 0 Å². The highest BCUT2D eigenvalue weighted by Crippen LogP contribution is 2.28.